The third-order valence-electron chi connectivity index (χ3n) is 6.06. The van der Waals surface area contributed by atoms with E-state index in [1.807, 2.05) is 29.2 Å². The van der Waals surface area contributed by atoms with Crippen molar-refractivity contribution in [2.24, 2.45) is 5.92 Å². The van der Waals surface area contributed by atoms with Crippen LogP contribution in [-0.2, 0) is 9.59 Å². The fourth-order valence-corrected chi connectivity index (χ4v) is 4.30. The van der Waals surface area contributed by atoms with Gasteiger partial charge in [0.2, 0.25) is 17.8 Å². The topological polar surface area (TPSA) is 107 Å². The average Bonchev–Trinajstić information content (AvgIpc) is 2.73. The zero-order valence-corrected chi connectivity index (χ0v) is 18.2. The van der Waals surface area contributed by atoms with E-state index in [0.717, 1.165) is 25.9 Å². The molecule has 1 aromatic heterocycles. The van der Waals surface area contributed by atoms with Gasteiger partial charge in [0.1, 0.15) is 5.82 Å². The molecule has 1 aromatic carbocycles. The van der Waals surface area contributed by atoms with Gasteiger partial charge in [-0.3, -0.25) is 19.4 Å². The molecule has 1 fully saturated rings. The van der Waals surface area contributed by atoms with Gasteiger partial charge in [0.05, 0.1) is 11.5 Å². The number of carbonyl (C=O) groups excluding carboxylic acids is 2. The molecule has 164 valence electrons. The van der Waals surface area contributed by atoms with E-state index in [9.17, 15) is 14.4 Å². The molecule has 1 saturated heterocycles. The summed E-state index contributed by atoms with van der Waals surface area (Å²) < 4.78 is 0. The quantitative estimate of drug-likeness (QED) is 0.700. The van der Waals surface area contributed by atoms with Gasteiger partial charge in [-0.2, -0.15) is 4.98 Å². The van der Waals surface area contributed by atoms with Crippen LogP contribution in [-0.4, -0.2) is 34.9 Å². The minimum Gasteiger partial charge on any atom is -0.342 e. The van der Waals surface area contributed by atoms with Crippen LogP contribution in [0.25, 0.3) is 0 Å². The van der Waals surface area contributed by atoms with Crippen LogP contribution in [0.2, 0.25) is 0 Å². The number of hydrogen-bond acceptors (Lipinski definition) is 5. The summed E-state index contributed by atoms with van der Waals surface area (Å²) in [5, 5.41) is 5.52. The Morgan fingerprint density at radius 1 is 1.23 bits per heavy atom. The van der Waals surface area contributed by atoms with Gasteiger partial charge in [-0.25, -0.2) is 0 Å². The van der Waals surface area contributed by atoms with E-state index in [-0.39, 0.29) is 35.2 Å². The number of H-pyrrole nitrogens is 1. The van der Waals surface area contributed by atoms with Crippen LogP contribution in [0, 0.1) is 5.92 Å². The number of rotatable bonds is 4. The first-order chi connectivity index (χ1) is 14.8. The Bertz CT molecular complexity index is 1040. The average molecular weight is 424 g/mol. The molecule has 2 amide bonds. The molecule has 3 N–H and O–H groups in total. The van der Waals surface area contributed by atoms with Gasteiger partial charge in [0, 0.05) is 25.2 Å². The Hall–Kier alpha value is -3.16. The van der Waals surface area contributed by atoms with E-state index in [1.165, 1.54) is 5.56 Å². The first-order valence-electron chi connectivity index (χ1n) is 10.9. The largest absolute Gasteiger partial charge is 0.342 e. The molecule has 2 aliphatic rings. The Labute approximate surface area is 181 Å². The lowest BCUT2D eigenvalue weighted by Gasteiger charge is -2.32. The number of amides is 2. The lowest BCUT2D eigenvalue weighted by atomic mass is 9.92. The summed E-state index contributed by atoms with van der Waals surface area (Å²) in [4.78, 5) is 47.6. The van der Waals surface area contributed by atoms with Crippen LogP contribution < -0.4 is 21.1 Å². The Morgan fingerprint density at radius 3 is 2.65 bits per heavy atom. The maximum atomic E-state index is 13.0. The molecule has 0 bridgehead atoms. The molecule has 8 heteroatoms. The molecular formula is C23H29N5O3. The van der Waals surface area contributed by atoms with E-state index in [1.54, 1.807) is 0 Å². The zero-order chi connectivity index (χ0) is 22.1. The lowest BCUT2D eigenvalue weighted by Crippen LogP contribution is -2.40. The molecule has 2 aliphatic heterocycles. The fraction of sp³-hybridized carbons (Fsp3) is 0.478. The van der Waals surface area contributed by atoms with Crippen LogP contribution in [0.5, 0.6) is 0 Å². The number of anilines is 3. The van der Waals surface area contributed by atoms with E-state index < -0.39 is 5.92 Å². The second-order valence-electron chi connectivity index (χ2n) is 8.92. The van der Waals surface area contributed by atoms with E-state index in [4.69, 9.17) is 0 Å². The third-order valence-corrected chi connectivity index (χ3v) is 6.06. The maximum absolute atomic E-state index is 13.0. The van der Waals surface area contributed by atoms with Gasteiger partial charge in [0.25, 0.3) is 5.56 Å². The molecule has 0 saturated carbocycles. The van der Waals surface area contributed by atoms with Crippen molar-refractivity contribution in [3.8, 4) is 0 Å². The predicted octanol–water partition coefficient (Wildman–Crippen LogP) is 3.19. The van der Waals surface area contributed by atoms with Gasteiger partial charge in [-0.05, 0) is 42.4 Å². The minimum atomic E-state index is -0.890. The highest BCUT2D eigenvalue weighted by Crippen LogP contribution is 2.31. The summed E-state index contributed by atoms with van der Waals surface area (Å²) in [6.45, 7) is 7.97. The Morgan fingerprint density at radius 2 is 1.97 bits per heavy atom. The first-order valence-corrected chi connectivity index (χ1v) is 10.9. The molecule has 2 aromatic rings. The molecule has 0 aliphatic carbocycles. The van der Waals surface area contributed by atoms with Crippen molar-refractivity contribution >= 4 is 29.3 Å². The van der Waals surface area contributed by atoms with Crippen molar-refractivity contribution < 1.29 is 9.59 Å². The van der Waals surface area contributed by atoms with Gasteiger partial charge in [0.15, 0.2) is 0 Å². The van der Waals surface area contributed by atoms with E-state index in [2.05, 4.69) is 41.4 Å². The molecule has 3 heterocycles. The van der Waals surface area contributed by atoms with E-state index >= 15 is 0 Å². The van der Waals surface area contributed by atoms with Crippen molar-refractivity contribution in [2.45, 2.75) is 51.9 Å². The van der Waals surface area contributed by atoms with Gasteiger partial charge < -0.3 is 15.5 Å². The van der Waals surface area contributed by atoms with Gasteiger partial charge >= 0.3 is 0 Å². The van der Waals surface area contributed by atoms with Crippen molar-refractivity contribution in [2.75, 3.05) is 28.6 Å². The second-order valence-corrected chi connectivity index (χ2v) is 8.92. The highest BCUT2D eigenvalue weighted by atomic mass is 16.2. The maximum Gasteiger partial charge on any atom is 0.258 e. The minimum absolute atomic E-state index is 0.0895. The van der Waals surface area contributed by atoms with Crippen LogP contribution in [0.15, 0.2) is 29.1 Å². The monoisotopic (exact) mass is 423 g/mol. The highest BCUT2D eigenvalue weighted by Gasteiger charge is 2.35. The predicted molar refractivity (Wildman–Crippen MR) is 121 cm³/mol. The van der Waals surface area contributed by atoms with Crippen molar-refractivity contribution in [1.29, 1.82) is 0 Å². The molecule has 2 atom stereocenters. The van der Waals surface area contributed by atoms with E-state index in [0.29, 0.717) is 23.5 Å². The molecule has 0 radical (unpaired) electrons. The summed E-state index contributed by atoms with van der Waals surface area (Å²) >= 11 is 0. The van der Waals surface area contributed by atoms with Crippen LogP contribution in [0.4, 0.5) is 17.5 Å². The van der Waals surface area contributed by atoms with Crippen molar-refractivity contribution in [3.63, 3.8) is 0 Å². The SMILES string of the molecule is CC1CCCN(c2nc3c(c(=O)[nH]2)C(C(=O)Nc2ccc(C(C)C)cc2)CC(=O)N3)C1. The number of piperidine rings is 1. The van der Waals surface area contributed by atoms with Crippen molar-refractivity contribution in [3.05, 3.63) is 45.7 Å². The van der Waals surface area contributed by atoms with Crippen LogP contribution in [0.1, 0.15) is 63.0 Å². The fourth-order valence-electron chi connectivity index (χ4n) is 4.30. The van der Waals surface area contributed by atoms with Gasteiger partial charge in [-0.1, -0.05) is 32.9 Å². The molecule has 4 rings (SSSR count). The smallest absolute Gasteiger partial charge is 0.258 e. The molecule has 8 nitrogen and oxygen atoms in total. The summed E-state index contributed by atoms with van der Waals surface area (Å²) in [6.07, 6.45) is 2.07. The number of carbonyl (C=O) groups is 2. The number of nitrogens with one attached hydrogen (secondary N) is 3. The summed E-state index contributed by atoms with van der Waals surface area (Å²) in [5.74, 6) is -0.0758. The number of nitrogens with zero attached hydrogens (tertiary/aromatic N) is 2. The summed E-state index contributed by atoms with van der Waals surface area (Å²) in [7, 11) is 0. The van der Waals surface area contributed by atoms with Crippen LogP contribution >= 0.6 is 0 Å². The number of aromatic amines is 1. The second kappa shape index (κ2) is 8.53. The van der Waals surface area contributed by atoms with Crippen LogP contribution in [0.3, 0.4) is 0 Å². The Kier molecular flexibility index (Phi) is 5.80. The van der Waals surface area contributed by atoms with Crippen molar-refractivity contribution in [1.82, 2.24) is 9.97 Å². The number of fused-ring (bicyclic) bond motifs is 1. The molecular weight excluding hydrogens is 394 g/mol. The number of aromatic nitrogens is 2. The molecule has 31 heavy (non-hydrogen) atoms. The lowest BCUT2D eigenvalue weighted by molar-refractivity contribution is -0.123. The third kappa shape index (κ3) is 4.47. The Balaban J connectivity index is 1.60. The number of hydrogen-bond donors (Lipinski definition) is 3. The zero-order valence-electron chi connectivity index (χ0n) is 18.2. The highest BCUT2D eigenvalue weighted by molar-refractivity contribution is 6.04. The molecule has 2 unspecified atom stereocenters. The normalized spacial score (nSPS) is 20.9. The first kappa shape index (κ1) is 21.1. The number of benzene rings is 1. The van der Waals surface area contributed by atoms with Gasteiger partial charge in [-0.15, -0.1) is 0 Å². The molecule has 0 spiro atoms. The summed E-state index contributed by atoms with van der Waals surface area (Å²) in [5.41, 5.74) is 1.63. The standard InChI is InChI=1S/C23H29N5O3/c1-13(2)15-6-8-16(9-7-15)24-21(30)17-11-18(29)25-20-19(17)22(31)27-23(26-20)28-10-4-5-14(3)12-28/h6-9,13-14,17H,4-5,10-12H2,1-3H3,(H,24,30)(H2,25,26,27,29,31). The summed E-state index contributed by atoms with van der Waals surface area (Å²) in [6, 6.07) is 7.59.